The van der Waals surface area contributed by atoms with Gasteiger partial charge in [-0.05, 0) is 12.8 Å². The minimum atomic E-state index is -0.975. The number of nitrogens with two attached hydrogens (primary N) is 6. The Morgan fingerprint density at radius 3 is 1.82 bits per heavy atom. The summed E-state index contributed by atoms with van der Waals surface area (Å²) in [6, 6.07) is 0. The average molecular weight is 530 g/mol. The molecule has 0 spiro atoms. The molecule has 11 nitrogen and oxygen atoms in total. The molecule has 14 heteroatoms. The lowest BCUT2D eigenvalue weighted by molar-refractivity contribution is 0.0678. The summed E-state index contributed by atoms with van der Waals surface area (Å²) in [5.41, 5.74) is 33.3. The van der Waals surface area contributed by atoms with Gasteiger partial charge >= 0.3 is 0 Å². The summed E-state index contributed by atoms with van der Waals surface area (Å²) in [6.07, 6.45) is 10.0. The Balaban J connectivity index is 0. The van der Waals surface area contributed by atoms with Crippen LogP contribution >= 0.6 is 36.4 Å². The van der Waals surface area contributed by atoms with Gasteiger partial charge in [-0.15, -0.1) is 24.8 Å². The molecule has 192 valence electrons. The van der Waals surface area contributed by atoms with Crippen LogP contribution in [0, 0.1) is 0 Å². The van der Waals surface area contributed by atoms with Crippen LogP contribution in [0.15, 0.2) is 4.99 Å². The summed E-state index contributed by atoms with van der Waals surface area (Å²) in [6.45, 7) is 1.11. The Morgan fingerprint density at radius 1 is 0.848 bits per heavy atom. The number of nitrogen functional groups attached to an aromatic ring is 2. The normalized spacial score (nSPS) is 10.3. The molecule has 1 amide bonds. The number of unbranched alkanes of at least 4 members (excludes halogenated alkanes) is 9. The molecule has 1 heterocycles. The fraction of sp³-hybridized carbons (Fsp3) is 0.684. The van der Waals surface area contributed by atoms with Crippen LogP contribution in [0.2, 0.25) is 5.15 Å². The number of rotatable bonds is 15. The zero-order valence-corrected chi connectivity index (χ0v) is 21.3. The van der Waals surface area contributed by atoms with E-state index in [9.17, 15) is 4.79 Å². The van der Waals surface area contributed by atoms with Crippen molar-refractivity contribution in [3.8, 4) is 0 Å². The van der Waals surface area contributed by atoms with E-state index in [1.807, 2.05) is 0 Å². The number of halogens is 3. The average Bonchev–Trinajstić information content (AvgIpc) is 2.70. The largest absolute Gasteiger partial charge is 0.382 e. The third kappa shape index (κ3) is 13.5. The number of amides is 1. The first kappa shape index (κ1) is 33.4. The first-order valence-corrected chi connectivity index (χ1v) is 11.1. The summed E-state index contributed by atoms with van der Waals surface area (Å²) < 4.78 is 0. The van der Waals surface area contributed by atoms with Crippen LogP contribution in [0.5, 0.6) is 0 Å². The first-order valence-electron chi connectivity index (χ1n) is 10.7. The number of nitrogens with zero attached hydrogens (tertiary/aromatic N) is 4. The molecule has 0 aliphatic carbocycles. The summed E-state index contributed by atoms with van der Waals surface area (Å²) in [4.78, 5) is 25.7. The molecule has 0 radical (unpaired) electrons. The second-order valence-electron chi connectivity index (χ2n) is 7.46. The van der Waals surface area contributed by atoms with Crippen LogP contribution in [-0.2, 0) is 0 Å². The predicted octanol–water partition coefficient (Wildman–Crippen LogP) is 1.96. The van der Waals surface area contributed by atoms with E-state index < -0.39 is 12.2 Å². The van der Waals surface area contributed by atoms with Crippen LogP contribution in [0.25, 0.3) is 0 Å². The van der Waals surface area contributed by atoms with Crippen molar-refractivity contribution in [1.82, 2.24) is 14.9 Å². The van der Waals surface area contributed by atoms with Gasteiger partial charge in [-0.2, -0.15) is 0 Å². The van der Waals surface area contributed by atoms with E-state index in [2.05, 4.69) is 15.0 Å². The van der Waals surface area contributed by atoms with Crippen LogP contribution in [0.1, 0.15) is 74.7 Å². The molecule has 0 fully saturated rings. The number of anilines is 2. The van der Waals surface area contributed by atoms with E-state index >= 15 is 0 Å². The highest BCUT2D eigenvalue weighted by molar-refractivity contribution is 6.31. The second-order valence-corrected chi connectivity index (χ2v) is 7.82. The molecule has 1 aromatic heterocycles. The highest BCUT2D eigenvalue weighted by atomic mass is 35.5. The minimum Gasteiger partial charge on any atom is -0.382 e. The topological polar surface area (TPSA) is 215 Å². The van der Waals surface area contributed by atoms with Gasteiger partial charge in [-0.3, -0.25) is 21.3 Å². The van der Waals surface area contributed by atoms with Crippen molar-refractivity contribution in [2.24, 2.45) is 27.9 Å². The van der Waals surface area contributed by atoms with E-state index in [0.717, 1.165) is 38.5 Å². The number of guanidine groups is 1. The zero-order valence-electron chi connectivity index (χ0n) is 18.9. The maximum Gasteiger partial charge on any atom is 0.278 e. The number of aliphatic imine (C=N–C) groups is 1. The molecule has 33 heavy (non-hydrogen) atoms. The summed E-state index contributed by atoms with van der Waals surface area (Å²) in [7, 11) is 0. The number of carbonyl (C=O) groups is 1. The Kier molecular flexibility index (Phi) is 18.8. The van der Waals surface area contributed by atoms with Gasteiger partial charge in [0.25, 0.3) is 5.91 Å². The molecular weight excluding hydrogens is 491 g/mol. The number of hydrogen-bond donors (Lipinski definition) is 6. The Morgan fingerprint density at radius 2 is 1.33 bits per heavy atom. The van der Waals surface area contributed by atoms with Gasteiger partial charge < -0.3 is 27.8 Å². The Labute approximate surface area is 213 Å². The molecule has 0 aliphatic rings. The smallest absolute Gasteiger partial charge is 0.278 e. The maximum atomic E-state index is 12.7. The van der Waals surface area contributed by atoms with E-state index in [0.29, 0.717) is 13.1 Å². The van der Waals surface area contributed by atoms with E-state index in [-0.39, 0.29) is 53.3 Å². The van der Waals surface area contributed by atoms with Crippen LogP contribution in [-0.4, -0.2) is 46.1 Å². The fourth-order valence-corrected chi connectivity index (χ4v) is 3.26. The van der Waals surface area contributed by atoms with Gasteiger partial charge in [-0.25, -0.2) is 9.97 Å². The number of aromatic nitrogens is 2. The van der Waals surface area contributed by atoms with Crippen LogP contribution < -0.4 is 34.4 Å². The summed E-state index contributed by atoms with van der Waals surface area (Å²) >= 11 is 5.85. The first-order chi connectivity index (χ1) is 14.7. The Bertz CT molecular complexity index is 717. The number of hydrogen-bond acceptors (Lipinski definition) is 8. The third-order valence-corrected chi connectivity index (χ3v) is 5.11. The van der Waals surface area contributed by atoms with Crippen molar-refractivity contribution in [3.63, 3.8) is 0 Å². The number of carbonyl (C=O) groups excluding carboxylic acids is 1. The molecule has 0 unspecified atom stereocenters. The SMILES string of the molecule is Cl.Cl.NC(N)=NCCCCCCCCCCCCN(C(=O)c1nc(Cl)c(N)nc1N)C(N)N. The molecule has 1 rings (SSSR count). The van der Waals surface area contributed by atoms with Crippen molar-refractivity contribution in [1.29, 1.82) is 0 Å². The van der Waals surface area contributed by atoms with Crippen molar-refractivity contribution < 1.29 is 4.79 Å². The maximum absolute atomic E-state index is 12.7. The van der Waals surface area contributed by atoms with Crippen molar-refractivity contribution in [2.75, 3.05) is 24.6 Å². The van der Waals surface area contributed by atoms with Gasteiger partial charge in [0.2, 0.25) is 0 Å². The van der Waals surface area contributed by atoms with Gasteiger partial charge in [0.1, 0.15) is 6.29 Å². The monoisotopic (exact) mass is 528 g/mol. The highest BCUT2D eigenvalue weighted by Crippen LogP contribution is 2.19. The second kappa shape index (κ2) is 18.6. The molecule has 1 aromatic rings. The van der Waals surface area contributed by atoms with Gasteiger partial charge in [0, 0.05) is 13.1 Å². The zero-order chi connectivity index (χ0) is 23.2. The molecule has 0 saturated heterocycles. The van der Waals surface area contributed by atoms with E-state index in [1.165, 1.54) is 30.6 Å². The van der Waals surface area contributed by atoms with Crippen LogP contribution in [0.3, 0.4) is 0 Å². The van der Waals surface area contributed by atoms with Gasteiger partial charge in [0.15, 0.2) is 28.4 Å². The van der Waals surface area contributed by atoms with Crippen molar-refractivity contribution in [2.45, 2.75) is 70.5 Å². The van der Waals surface area contributed by atoms with Gasteiger partial charge in [0.05, 0.1) is 0 Å². The molecule has 0 atom stereocenters. The van der Waals surface area contributed by atoms with Crippen molar-refractivity contribution >= 4 is 59.9 Å². The van der Waals surface area contributed by atoms with Crippen LogP contribution in [0.4, 0.5) is 11.6 Å². The lowest BCUT2D eigenvalue weighted by atomic mass is 10.1. The molecule has 0 bridgehead atoms. The van der Waals surface area contributed by atoms with E-state index in [4.69, 9.17) is 46.0 Å². The molecule has 0 aromatic carbocycles. The lowest BCUT2D eigenvalue weighted by Gasteiger charge is -2.26. The summed E-state index contributed by atoms with van der Waals surface area (Å²) in [5.74, 6) is -0.492. The highest BCUT2D eigenvalue weighted by Gasteiger charge is 2.24. The minimum absolute atomic E-state index is 0. The lowest BCUT2D eigenvalue weighted by Crippen LogP contribution is -2.52. The van der Waals surface area contributed by atoms with E-state index in [1.54, 1.807) is 0 Å². The third-order valence-electron chi connectivity index (χ3n) is 4.83. The quantitative estimate of drug-likeness (QED) is 0.0845. The Hall–Kier alpha value is -1.79. The summed E-state index contributed by atoms with van der Waals surface area (Å²) in [5, 5.41) is -0.0862. The van der Waals surface area contributed by atoms with Crippen molar-refractivity contribution in [3.05, 3.63) is 10.8 Å². The fourth-order valence-electron chi connectivity index (χ4n) is 3.14. The molecule has 0 aliphatic heterocycles. The molecular formula is C19H39Cl3N10O. The molecule has 0 saturated carbocycles. The van der Waals surface area contributed by atoms with Gasteiger partial charge in [-0.1, -0.05) is 63.0 Å². The standard InChI is InChI=1S/C19H37ClN10O.2ClH/c20-14-16(22)29-15(21)13(28-14)17(31)30(19(25)26)12-10-8-6-4-2-1-3-5-7-9-11-27-18(23)24;;/h19H,1-12,25-26H2,(H4,21,22,29)(H4,23,24,27);2*1H. The predicted molar refractivity (Wildman–Crippen MR) is 140 cm³/mol. The molecule has 12 N–H and O–H groups in total.